The minimum absolute atomic E-state index is 0.0478. The van der Waals surface area contributed by atoms with Crippen LogP contribution in [0.5, 0.6) is 0 Å². The maximum Gasteiger partial charge on any atom is 0.224 e. The highest BCUT2D eigenvalue weighted by Crippen LogP contribution is 2.22. The van der Waals surface area contributed by atoms with Gasteiger partial charge in [0.15, 0.2) is 0 Å². The second-order valence-corrected chi connectivity index (χ2v) is 7.63. The predicted molar refractivity (Wildman–Crippen MR) is 114 cm³/mol. The lowest BCUT2D eigenvalue weighted by atomic mass is 10.00. The van der Waals surface area contributed by atoms with Crippen molar-refractivity contribution in [3.63, 3.8) is 0 Å². The highest BCUT2D eigenvalue weighted by molar-refractivity contribution is 7.99. The third kappa shape index (κ3) is 6.61. The summed E-state index contributed by atoms with van der Waals surface area (Å²) < 4.78 is 0. The first-order valence-corrected chi connectivity index (χ1v) is 10.3. The number of hydrogen-bond donors (Lipinski definition) is 1. The number of rotatable bonds is 9. The predicted octanol–water partition coefficient (Wildman–Crippen LogP) is 5.00. The lowest BCUT2D eigenvalue weighted by Gasteiger charge is -2.17. The summed E-state index contributed by atoms with van der Waals surface area (Å²) in [6.45, 7) is 0.671. The molecule has 0 bridgehead atoms. The van der Waals surface area contributed by atoms with Gasteiger partial charge in [-0.05, 0) is 36.1 Å². The van der Waals surface area contributed by atoms with Gasteiger partial charge in [0.1, 0.15) is 0 Å². The standard InChI is InChI=1S/C24H25NOS/c26-24(25-17-16-20-10-4-1-5-11-20)22(18-21-12-6-2-7-13-21)19-27-23-14-8-3-9-15-23/h1-15,22H,16-19H2,(H,25,26). The van der Waals surface area contributed by atoms with Gasteiger partial charge in [-0.15, -0.1) is 11.8 Å². The van der Waals surface area contributed by atoms with E-state index < -0.39 is 0 Å². The first kappa shape index (κ1) is 19.2. The Hall–Kier alpha value is -2.52. The van der Waals surface area contributed by atoms with Crippen molar-refractivity contribution in [1.82, 2.24) is 5.32 Å². The van der Waals surface area contributed by atoms with E-state index in [4.69, 9.17) is 0 Å². The molecular formula is C24H25NOS. The van der Waals surface area contributed by atoms with Gasteiger partial charge in [0, 0.05) is 17.2 Å². The van der Waals surface area contributed by atoms with E-state index in [0.717, 1.165) is 18.6 Å². The van der Waals surface area contributed by atoms with Crippen molar-refractivity contribution in [2.45, 2.75) is 17.7 Å². The van der Waals surface area contributed by atoms with Crippen LogP contribution < -0.4 is 5.32 Å². The normalized spacial score (nSPS) is 11.7. The fourth-order valence-corrected chi connectivity index (χ4v) is 3.97. The number of carbonyl (C=O) groups excluding carboxylic acids is 1. The van der Waals surface area contributed by atoms with Crippen molar-refractivity contribution >= 4 is 17.7 Å². The summed E-state index contributed by atoms with van der Waals surface area (Å²) in [5.74, 6) is 0.863. The van der Waals surface area contributed by atoms with Gasteiger partial charge in [-0.2, -0.15) is 0 Å². The lowest BCUT2D eigenvalue weighted by Crippen LogP contribution is -2.34. The van der Waals surface area contributed by atoms with Crippen LogP contribution in [0.3, 0.4) is 0 Å². The Morgan fingerprint density at radius 2 is 1.33 bits per heavy atom. The molecule has 27 heavy (non-hydrogen) atoms. The van der Waals surface area contributed by atoms with Gasteiger partial charge >= 0.3 is 0 Å². The number of benzene rings is 3. The summed E-state index contributed by atoms with van der Waals surface area (Å²) in [5, 5.41) is 3.14. The van der Waals surface area contributed by atoms with Gasteiger partial charge in [0.2, 0.25) is 5.91 Å². The van der Waals surface area contributed by atoms with Crippen LogP contribution in [0, 0.1) is 5.92 Å². The van der Waals surface area contributed by atoms with E-state index in [1.54, 1.807) is 11.8 Å². The first-order valence-electron chi connectivity index (χ1n) is 9.34. The van der Waals surface area contributed by atoms with Crippen LogP contribution in [0.25, 0.3) is 0 Å². The average molecular weight is 376 g/mol. The molecule has 2 nitrogen and oxygen atoms in total. The second-order valence-electron chi connectivity index (χ2n) is 6.54. The maximum atomic E-state index is 12.8. The van der Waals surface area contributed by atoms with Crippen LogP contribution in [-0.4, -0.2) is 18.2 Å². The van der Waals surface area contributed by atoms with E-state index in [9.17, 15) is 4.79 Å². The first-order chi connectivity index (χ1) is 13.3. The van der Waals surface area contributed by atoms with Crippen LogP contribution in [-0.2, 0) is 17.6 Å². The molecular weight excluding hydrogens is 350 g/mol. The van der Waals surface area contributed by atoms with E-state index in [-0.39, 0.29) is 11.8 Å². The molecule has 0 aliphatic heterocycles. The Morgan fingerprint density at radius 1 is 0.778 bits per heavy atom. The average Bonchev–Trinajstić information content (AvgIpc) is 2.73. The molecule has 3 aromatic rings. The summed E-state index contributed by atoms with van der Waals surface area (Å²) in [7, 11) is 0. The molecule has 1 amide bonds. The lowest BCUT2D eigenvalue weighted by molar-refractivity contribution is -0.124. The van der Waals surface area contributed by atoms with Crippen molar-refractivity contribution in [3.8, 4) is 0 Å². The van der Waals surface area contributed by atoms with Crippen molar-refractivity contribution in [1.29, 1.82) is 0 Å². The molecule has 0 aliphatic carbocycles. The van der Waals surface area contributed by atoms with E-state index in [0.29, 0.717) is 6.54 Å². The van der Waals surface area contributed by atoms with Crippen LogP contribution in [0.2, 0.25) is 0 Å². The van der Waals surface area contributed by atoms with E-state index in [1.165, 1.54) is 16.0 Å². The quantitative estimate of drug-likeness (QED) is 0.534. The van der Waals surface area contributed by atoms with Crippen LogP contribution in [0.15, 0.2) is 95.9 Å². The minimum atomic E-state index is -0.0478. The molecule has 3 aromatic carbocycles. The zero-order chi connectivity index (χ0) is 18.7. The van der Waals surface area contributed by atoms with E-state index in [2.05, 4.69) is 41.7 Å². The van der Waals surface area contributed by atoms with Crippen molar-refractivity contribution in [2.75, 3.05) is 12.3 Å². The molecule has 0 aliphatic rings. The molecule has 0 spiro atoms. The smallest absolute Gasteiger partial charge is 0.224 e. The molecule has 3 rings (SSSR count). The Bertz CT molecular complexity index is 806. The fourth-order valence-electron chi connectivity index (χ4n) is 2.96. The highest BCUT2D eigenvalue weighted by Gasteiger charge is 2.19. The molecule has 3 heteroatoms. The van der Waals surface area contributed by atoms with Crippen molar-refractivity contribution in [3.05, 3.63) is 102 Å². The summed E-state index contributed by atoms with van der Waals surface area (Å²) in [4.78, 5) is 14.0. The Kier molecular flexibility index (Phi) is 7.55. The molecule has 0 heterocycles. The zero-order valence-electron chi connectivity index (χ0n) is 15.4. The number of hydrogen-bond acceptors (Lipinski definition) is 2. The van der Waals surface area contributed by atoms with Gasteiger partial charge in [-0.1, -0.05) is 78.9 Å². The van der Waals surface area contributed by atoms with Crippen LogP contribution in [0.4, 0.5) is 0 Å². The third-order valence-electron chi connectivity index (χ3n) is 4.45. The van der Waals surface area contributed by atoms with E-state index >= 15 is 0 Å². The van der Waals surface area contributed by atoms with Crippen LogP contribution >= 0.6 is 11.8 Å². The van der Waals surface area contributed by atoms with E-state index in [1.807, 2.05) is 54.6 Å². The molecule has 0 saturated carbocycles. The molecule has 1 atom stereocenters. The minimum Gasteiger partial charge on any atom is -0.355 e. The summed E-state index contributed by atoms with van der Waals surface area (Å²) >= 11 is 1.75. The van der Waals surface area contributed by atoms with Crippen LogP contribution in [0.1, 0.15) is 11.1 Å². The number of thioether (sulfide) groups is 1. The Balaban J connectivity index is 1.58. The topological polar surface area (TPSA) is 29.1 Å². The molecule has 1 N–H and O–H groups in total. The molecule has 0 saturated heterocycles. The summed E-state index contributed by atoms with van der Waals surface area (Å²) in [5.41, 5.74) is 2.45. The summed E-state index contributed by atoms with van der Waals surface area (Å²) in [6, 6.07) is 30.8. The molecule has 138 valence electrons. The number of amides is 1. The monoisotopic (exact) mass is 375 g/mol. The summed E-state index contributed by atoms with van der Waals surface area (Å²) in [6.07, 6.45) is 1.62. The molecule has 0 radical (unpaired) electrons. The van der Waals surface area contributed by atoms with Gasteiger partial charge in [0.05, 0.1) is 5.92 Å². The molecule has 0 fully saturated rings. The van der Waals surface area contributed by atoms with Gasteiger partial charge < -0.3 is 5.32 Å². The maximum absolute atomic E-state index is 12.8. The van der Waals surface area contributed by atoms with Crippen molar-refractivity contribution < 1.29 is 4.79 Å². The van der Waals surface area contributed by atoms with Gasteiger partial charge in [0.25, 0.3) is 0 Å². The Morgan fingerprint density at radius 3 is 1.96 bits per heavy atom. The molecule has 0 aromatic heterocycles. The number of nitrogens with one attached hydrogen (secondary N) is 1. The largest absolute Gasteiger partial charge is 0.355 e. The molecule has 1 unspecified atom stereocenters. The van der Waals surface area contributed by atoms with Crippen molar-refractivity contribution in [2.24, 2.45) is 5.92 Å². The zero-order valence-corrected chi connectivity index (χ0v) is 16.2. The highest BCUT2D eigenvalue weighted by atomic mass is 32.2. The number of carbonyl (C=O) groups is 1. The van der Waals surface area contributed by atoms with Gasteiger partial charge in [-0.3, -0.25) is 4.79 Å². The fraction of sp³-hybridized carbons (Fsp3) is 0.208. The van der Waals surface area contributed by atoms with Gasteiger partial charge in [-0.25, -0.2) is 0 Å². The third-order valence-corrected chi connectivity index (χ3v) is 5.62. The SMILES string of the molecule is O=C(NCCc1ccccc1)C(CSc1ccccc1)Cc1ccccc1. The Labute approximate surface area is 166 Å². The second kappa shape index (κ2) is 10.6.